The topological polar surface area (TPSA) is 96.9 Å². The number of hydrazone groups is 1. The van der Waals surface area contributed by atoms with Gasteiger partial charge >= 0.3 is 5.97 Å². The number of esters is 1. The molecule has 2 N–H and O–H groups in total. The van der Waals surface area contributed by atoms with Crippen LogP contribution in [-0.2, 0) is 4.79 Å². The van der Waals surface area contributed by atoms with Crippen LogP contribution >= 0.6 is 23.2 Å². The number of halogens is 2. The molecule has 0 spiro atoms. The zero-order chi connectivity index (χ0) is 23.8. The van der Waals surface area contributed by atoms with Gasteiger partial charge in [0.15, 0.2) is 0 Å². The van der Waals surface area contributed by atoms with E-state index >= 15 is 0 Å². The lowest BCUT2D eigenvalue weighted by Gasteiger charge is -2.06. The highest BCUT2D eigenvalue weighted by Gasteiger charge is 2.10. The minimum atomic E-state index is -0.511. The van der Waals surface area contributed by atoms with Crippen molar-refractivity contribution in [2.75, 3.05) is 6.54 Å². The van der Waals surface area contributed by atoms with Crippen molar-refractivity contribution >= 4 is 47.2 Å². The molecule has 3 aromatic carbocycles. The fourth-order valence-electron chi connectivity index (χ4n) is 2.60. The van der Waals surface area contributed by atoms with Crippen LogP contribution in [0.25, 0.3) is 0 Å². The van der Waals surface area contributed by atoms with Gasteiger partial charge in [0, 0.05) is 5.56 Å². The Kier molecular flexibility index (Phi) is 8.18. The molecule has 9 heteroatoms. The van der Waals surface area contributed by atoms with E-state index in [1.807, 2.05) is 19.1 Å². The molecule has 0 radical (unpaired) electrons. The van der Waals surface area contributed by atoms with Crippen LogP contribution in [0.4, 0.5) is 0 Å². The fourth-order valence-corrected chi connectivity index (χ4v) is 2.89. The Morgan fingerprint density at radius 1 is 0.909 bits per heavy atom. The zero-order valence-corrected chi connectivity index (χ0v) is 19.0. The number of carbonyl (C=O) groups is 3. The number of amides is 2. The largest absolute Gasteiger partial charge is 0.423 e. The molecule has 0 fully saturated rings. The van der Waals surface area contributed by atoms with Gasteiger partial charge in [-0.1, -0.05) is 40.9 Å². The molecule has 3 aromatic rings. The maximum Gasteiger partial charge on any atom is 0.343 e. The molecule has 7 nitrogen and oxygen atoms in total. The van der Waals surface area contributed by atoms with Crippen molar-refractivity contribution in [2.45, 2.75) is 6.92 Å². The number of nitrogens with zero attached hydrogens (tertiary/aromatic N) is 1. The average molecular weight is 484 g/mol. The maximum absolute atomic E-state index is 12.2. The quantitative estimate of drug-likeness (QED) is 0.225. The summed E-state index contributed by atoms with van der Waals surface area (Å²) in [4.78, 5) is 36.1. The Morgan fingerprint density at radius 3 is 2.24 bits per heavy atom. The van der Waals surface area contributed by atoms with Crippen LogP contribution in [0.15, 0.2) is 71.8 Å². The standard InChI is InChI=1S/C24H19Cl2N3O4/c1-15-2-6-17(7-3-15)24(32)33-19-9-4-16(5-10-19)13-28-29-22(30)14-27-23(31)18-8-11-20(25)21(26)12-18/h2-13H,14H2,1H3,(H,27,31)(H,29,30). The maximum atomic E-state index is 12.2. The summed E-state index contributed by atoms with van der Waals surface area (Å²) >= 11 is 11.7. The van der Waals surface area contributed by atoms with Gasteiger partial charge in [-0.25, -0.2) is 10.2 Å². The van der Waals surface area contributed by atoms with Crippen molar-refractivity contribution in [1.29, 1.82) is 0 Å². The molecule has 0 atom stereocenters. The number of aryl methyl sites for hydroxylation is 1. The van der Waals surface area contributed by atoms with Gasteiger partial charge in [-0.05, 0) is 67.1 Å². The SMILES string of the molecule is Cc1ccc(C(=O)Oc2ccc(C=NNC(=O)CNC(=O)c3ccc(Cl)c(Cl)c3)cc2)cc1. The van der Waals surface area contributed by atoms with Gasteiger partial charge < -0.3 is 10.1 Å². The van der Waals surface area contributed by atoms with E-state index < -0.39 is 17.8 Å². The van der Waals surface area contributed by atoms with Crippen LogP contribution < -0.4 is 15.5 Å². The lowest BCUT2D eigenvalue weighted by Crippen LogP contribution is -2.34. The minimum absolute atomic E-state index is 0.245. The smallest absolute Gasteiger partial charge is 0.343 e. The highest BCUT2D eigenvalue weighted by Crippen LogP contribution is 2.22. The van der Waals surface area contributed by atoms with Gasteiger partial charge in [-0.3, -0.25) is 9.59 Å². The molecule has 0 aliphatic heterocycles. The van der Waals surface area contributed by atoms with Gasteiger partial charge in [0.2, 0.25) is 0 Å². The van der Waals surface area contributed by atoms with Crippen molar-refractivity contribution in [3.63, 3.8) is 0 Å². The predicted molar refractivity (Wildman–Crippen MR) is 127 cm³/mol. The summed E-state index contributed by atoms with van der Waals surface area (Å²) in [5.41, 5.74) is 4.78. The lowest BCUT2D eigenvalue weighted by atomic mass is 10.1. The molecule has 33 heavy (non-hydrogen) atoms. The summed E-state index contributed by atoms with van der Waals surface area (Å²) < 4.78 is 5.33. The van der Waals surface area contributed by atoms with Crippen LogP contribution in [-0.4, -0.2) is 30.5 Å². The number of hydrogen-bond acceptors (Lipinski definition) is 5. The summed E-state index contributed by atoms with van der Waals surface area (Å²) in [6, 6.07) is 18.1. The first-order valence-electron chi connectivity index (χ1n) is 9.76. The van der Waals surface area contributed by atoms with Crippen LogP contribution in [0.2, 0.25) is 10.0 Å². The Morgan fingerprint density at radius 2 is 1.58 bits per heavy atom. The van der Waals surface area contributed by atoms with Crippen LogP contribution in [0.3, 0.4) is 0 Å². The van der Waals surface area contributed by atoms with Crippen molar-refractivity contribution in [3.8, 4) is 5.75 Å². The molecule has 0 saturated carbocycles. The third-order valence-corrected chi connectivity index (χ3v) is 5.11. The Labute approximate surface area is 200 Å². The summed E-state index contributed by atoms with van der Waals surface area (Å²) in [5, 5.41) is 6.88. The number of nitrogens with one attached hydrogen (secondary N) is 2. The molecule has 0 aliphatic rings. The average Bonchev–Trinajstić information content (AvgIpc) is 2.81. The zero-order valence-electron chi connectivity index (χ0n) is 17.5. The van der Waals surface area contributed by atoms with Crippen molar-refractivity contribution in [2.24, 2.45) is 5.10 Å². The molecule has 2 amide bonds. The fraction of sp³-hybridized carbons (Fsp3) is 0.0833. The molecular formula is C24H19Cl2N3O4. The molecule has 3 rings (SSSR count). The molecule has 0 aromatic heterocycles. The number of hydrogen-bond donors (Lipinski definition) is 2. The van der Waals surface area contributed by atoms with Crippen LogP contribution in [0.5, 0.6) is 5.75 Å². The first-order chi connectivity index (χ1) is 15.8. The van der Waals surface area contributed by atoms with Crippen LogP contribution in [0, 0.1) is 6.92 Å². The van der Waals surface area contributed by atoms with E-state index in [0.717, 1.165) is 5.56 Å². The Bertz CT molecular complexity index is 1190. The lowest BCUT2D eigenvalue weighted by molar-refractivity contribution is -0.120. The Hall–Kier alpha value is -3.68. The number of carbonyl (C=O) groups excluding carboxylic acids is 3. The van der Waals surface area contributed by atoms with E-state index in [9.17, 15) is 14.4 Å². The Balaban J connectivity index is 1.45. The van der Waals surface area contributed by atoms with Crippen molar-refractivity contribution in [1.82, 2.24) is 10.7 Å². The molecule has 168 valence electrons. The number of benzene rings is 3. The van der Waals surface area contributed by atoms with Crippen LogP contribution in [0.1, 0.15) is 31.8 Å². The normalized spacial score (nSPS) is 10.6. The number of ether oxygens (including phenoxy) is 1. The van der Waals surface area contributed by atoms with Gasteiger partial charge in [0.1, 0.15) is 5.75 Å². The van der Waals surface area contributed by atoms with Gasteiger partial charge in [0.25, 0.3) is 11.8 Å². The highest BCUT2D eigenvalue weighted by atomic mass is 35.5. The first-order valence-corrected chi connectivity index (χ1v) is 10.5. The van der Waals surface area contributed by atoms with Crippen molar-refractivity contribution < 1.29 is 19.1 Å². The van der Waals surface area contributed by atoms with E-state index in [-0.39, 0.29) is 17.1 Å². The monoisotopic (exact) mass is 483 g/mol. The summed E-state index contributed by atoms with van der Waals surface area (Å²) in [6.45, 7) is 1.66. The summed E-state index contributed by atoms with van der Waals surface area (Å²) in [5.74, 6) is -1.05. The molecule has 0 aliphatic carbocycles. The second-order valence-corrected chi connectivity index (χ2v) is 7.74. The summed E-state index contributed by atoms with van der Waals surface area (Å²) in [6.07, 6.45) is 1.42. The van der Waals surface area contributed by atoms with Crippen molar-refractivity contribution in [3.05, 3.63) is 99.0 Å². The molecular weight excluding hydrogens is 465 g/mol. The summed E-state index contributed by atoms with van der Waals surface area (Å²) in [7, 11) is 0. The first kappa shape index (κ1) is 24.0. The van der Waals surface area contributed by atoms with E-state index in [1.54, 1.807) is 36.4 Å². The van der Waals surface area contributed by atoms with Gasteiger partial charge in [-0.2, -0.15) is 5.10 Å². The molecule has 0 saturated heterocycles. The predicted octanol–water partition coefficient (Wildman–Crippen LogP) is 4.40. The molecule has 0 unspecified atom stereocenters. The van der Waals surface area contributed by atoms with Gasteiger partial charge in [-0.15, -0.1) is 0 Å². The molecule has 0 heterocycles. The van der Waals surface area contributed by atoms with Gasteiger partial charge in [0.05, 0.1) is 28.4 Å². The third kappa shape index (κ3) is 7.17. The highest BCUT2D eigenvalue weighted by molar-refractivity contribution is 6.42. The van der Waals surface area contributed by atoms with E-state index in [4.69, 9.17) is 27.9 Å². The molecule has 0 bridgehead atoms. The minimum Gasteiger partial charge on any atom is -0.423 e. The number of rotatable bonds is 7. The second-order valence-electron chi connectivity index (χ2n) is 6.93. The van der Waals surface area contributed by atoms with E-state index in [2.05, 4.69) is 15.8 Å². The third-order valence-electron chi connectivity index (χ3n) is 4.37. The van der Waals surface area contributed by atoms with E-state index in [0.29, 0.717) is 21.9 Å². The van der Waals surface area contributed by atoms with E-state index in [1.165, 1.54) is 24.4 Å². The second kappa shape index (κ2) is 11.3.